The van der Waals surface area contributed by atoms with Gasteiger partial charge in [-0.2, -0.15) is 0 Å². The van der Waals surface area contributed by atoms with Crippen LogP contribution in [0.2, 0.25) is 0 Å². The van der Waals surface area contributed by atoms with Crippen molar-refractivity contribution in [3.63, 3.8) is 0 Å². The van der Waals surface area contributed by atoms with Gasteiger partial charge in [0, 0.05) is 34.4 Å². The molecule has 6 heteroatoms. The van der Waals surface area contributed by atoms with Crippen LogP contribution in [-0.2, 0) is 0 Å². The molecular weight excluding hydrogens is 384 g/mol. The molecule has 150 valence electrons. The van der Waals surface area contributed by atoms with Gasteiger partial charge in [0.2, 0.25) is 0 Å². The molecule has 0 aromatic heterocycles. The van der Waals surface area contributed by atoms with Crippen molar-refractivity contribution in [3.8, 4) is 23.0 Å². The number of carbonyl (C=O) groups excluding carboxylic acids is 2. The van der Waals surface area contributed by atoms with Crippen LogP contribution in [0.25, 0.3) is 12.2 Å². The van der Waals surface area contributed by atoms with Gasteiger partial charge in [-0.15, -0.1) is 0 Å². The molecule has 0 unspecified atom stereocenters. The Morgan fingerprint density at radius 3 is 1.43 bits per heavy atom. The summed E-state index contributed by atoms with van der Waals surface area (Å²) in [4.78, 5) is 24.8. The number of aromatic hydroxyl groups is 4. The highest BCUT2D eigenvalue weighted by Crippen LogP contribution is 2.25. The smallest absolute Gasteiger partial charge is 0.185 e. The van der Waals surface area contributed by atoms with Crippen LogP contribution in [-0.4, -0.2) is 32.0 Å². The van der Waals surface area contributed by atoms with Gasteiger partial charge in [0.05, 0.1) is 0 Å². The first-order chi connectivity index (χ1) is 14.3. The lowest BCUT2D eigenvalue weighted by Crippen LogP contribution is -1.99. The molecule has 0 radical (unpaired) electrons. The second-order valence-corrected chi connectivity index (χ2v) is 6.46. The summed E-state index contributed by atoms with van der Waals surface area (Å²) in [6.07, 6.45) is 5.36. The fourth-order valence-electron chi connectivity index (χ4n) is 2.70. The highest BCUT2D eigenvalue weighted by Gasteiger charge is 2.08. The Bertz CT molecular complexity index is 1090. The van der Waals surface area contributed by atoms with Gasteiger partial charge >= 0.3 is 0 Å². The molecule has 0 heterocycles. The summed E-state index contributed by atoms with van der Waals surface area (Å²) in [5.41, 5.74) is 1.31. The van der Waals surface area contributed by atoms with Gasteiger partial charge in [0.1, 0.15) is 23.0 Å². The van der Waals surface area contributed by atoms with Crippen molar-refractivity contribution in [2.45, 2.75) is 0 Å². The molecule has 3 rings (SSSR count). The topological polar surface area (TPSA) is 115 Å². The number of carbonyl (C=O) groups is 2. The minimum absolute atomic E-state index is 0.0872. The standard InChI is InChI=1S/C24H18O6/c25-19-8-4-15(23(29)13-19)6-10-21(27)17-2-1-3-18(12-17)22(28)11-7-16-5-9-20(26)14-24(16)30/h1-14,25-26,29-30H/b10-6+,11-7+. The molecule has 3 aromatic rings. The normalized spacial score (nSPS) is 11.2. The number of phenols is 4. The molecule has 6 nitrogen and oxygen atoms in total. The number of hydrogen-bond acceptors (Lipinski definition) is 6. The molecule has 0 spiro atoms. The quantitative estimate of drug-likeness (QED) is 0.361. The molecule has 0 bridgehead atoms. The van der Waals surface area contributed by atoms with Crippen LogP contribution in [0.15, 0.2) is 72.8 Å². The van der Waals surface area contributed by atoms with Crippen LogP contribution in [0.4, 0.5) is 0 Å². The number of hydrogen-bond donors (Lipinski definition) is 4. The Labute approximate surface area is 172 Å². The lowest BCUT2D eigenvalue weighted by molar-refractivity contribution is 0.104. The van der Waals surface area contributed by atoms with Crippen molar-refractivity contribution < 1.29 is 30.0 Å². The molecule has 30 heavy (non-hydrogen) atoms. The average Bonchev–Trinajstić information content (AvgIpc) is 2.72. The fourth-order valence-corrected chi connectivity index (χ4v) is 2.70. The molecule has 0 amide bonds. The summed E-state index contributed by atoms with van der Waals surface area (Å²) in [7, 11) is 0. The highest BCUT2D eigenvalue weighted by atomic mass is 16.3. The van der Waals surface area contributed by atoms with Gasteiger partial charge in [-0.1, -0.05) is 18.2 Å². The van der Waals surface area contributed by atoms with E-state index in [0.717, 1.165) is 0 Å². The third-order valence-electron chi connectivity index (χ3n) is 4.29. The molecule has 0 atom stereocenters. The molecule has 0 fully saturated rings. The van der Waals surface area contributed by atoms with Crippen LogP contribution in [0.3, 0.4) is 0 Å². The van der Waals surface area contributed by atoms with E-state index in [4.69, 9.17) is 0 Å². The summed E-state index contributed by atoms with van der Waals surface area (Å²) in [5, 5.41) is 38.2. The summed E-state index contributed by atoms with van der Waals surface area (Å²) < 4.78 is 0. The van der Waals surface area contributed by atoms with E-state index in [-0.39, 0.29) is 45.7 Å². The second kappa shape index (κ2) is 8.79. The maximum atomic E-state index is 12.4. The Balaban J connectivity index is 1.76. The first-order valence-electron chi connectivity index (χ1n) is 8.92. The lowest BCUT2D eigenvalue weighted by Gasteiger charge is -2.02. The molecule has 0 aliphatic carbocycles. The van der Waals surface area contributed by atoms with Crippen LogP contribution in [0.1, 0.15) is 31.8 Å². The van der Waals surface area contributed by atoms with Crippen molar-refractivity contribution >= 4 is 23.7 Å². The van der Waals surface area contributed by atoms with Crippen molar-refractivity contribution in [2.24, 2.45) is 0 Å². The van der Waals surface area contributed by atoms with Gasteiger partial charge < -0.3 is 20.4 Å². The SMILES string of the molecule is O=C(/C=C/c1ccc(O)cc1O)c1cccc(C(=O)/C=C/c2ccc(O)cc2O)c1. The van der Waals surface area contributed by atoms with E-state index in [1.807, 2.05) is 0 Å². The van der Waals surface area contributed by atoms with Gasteiger partial charge in [0.25, 0.3) is 0 Å². The van der Waals surface area contributed by atoms with Gasteiger partial charge in [0.15, 0.2) is 11.6 Å². The van der Waals surface area contributed by atoms with E-state index in [2.05, 4.69) is 0 Å². The summed E-state index contributed by atoms with van der Waals surface area (Å²) in [6, 6.07) is 14.2. The zero-order chi connectivity index (χ0) is 21.7. The number of ketones is 2. The summed E-state index contributed by atoms with van der Waals surface area (Å²) in [6.45, 7) is 0. The van der Waals surface area contributed by atoms with E-state index >= 15 is 0 Å². The first-order valence-corrected chi connectivity index (χ1v) is 8.92. The number of rotatable bonds is 6. The third kappa shape index (κ3) is 4.94. The highest BCUT2D eigenvalue weighted by molar-refractivity contribution is 6.11. The average molecular weight is 402 g/mol. The monoisotopic (exact) mass is 402 g/mol. The van der Waals surface area contributed by atoms with Crippen molar-refractivity contribution in [2.75, 3.05) is 0 Å². The van der Waals surface area contributed by atoms with Crippen LogP contribution in [0, 0.1) is 0 Å². The van der Waals surface area contributed by atoms with E-state index < -0.39 is 0 Å². The number of phenolic OH excluding ortho intramolecular Hbond substituents is 4. The zero-order valence-corrected chi connectivity index (χ0v) is 15.7. The minimum Gasteiger partial charge on any atom is -0.508 e. The maximum absolute atomic E-state index is 12.4. The Hall–Kier alpha value is -4.32. The predicted octanol–water partition coefficient (Wildman–Crippen LogP) is 4.30. The minimum atomic E-state index is -0.364. The van der Waals surface area contributed by atoms with Crippen molar-refractivity contribution in [3.05, 3.63) is 95.1 Å². The van der Waals surface area contributed by atoms with Crippen molar-refractivity contribution in [1.29, 1.82) is 0 Å². The molecule has 0 aliphatic rings. The molecule has 0 aliphatic heterocycles. The van der Waals surface area contributed by atoms with Crippen LogP contribution >= 0.6 is 0 Å². The summed E-state index contributed by atoms with van der Waals surface area (Å²) in [5.74, 6) is -1.22. The third-order valence-corrected chi connectivity index (χ3v) is 4.29. The molecule has 4 N–H and O–H groups in total. The molecular formula is C24H18O6. The number of allylic oxidation sites excluding steroid dienone is 2. The van der Waals surface area contributed by atoms with E-state index in [1.54, 1.807) is 18.2 Å². The van der Waals surface area contributed by atoms with Gasteiger partial charge in [-0.05, 0) is 54.6 Å². The number of benzene rings is 3. The maximum Gasteiger partial charge on any atom is 0.185 e. The van der Waals surface area contributed by atoms with Gasteiger partial charge in [-0.3, -0.25) is 9.59 Å². The van der Waals surface area contributed by atoms with Crippen LogP contribution in [0.5, 0.6) is 23.0 Å². The van der Waals surface area contributed by atoms with Crippen molar-refractivity contribution in [1.82, 2.24) is 0 Å². The van der Waals surface area contributed by atoms with E-state index in [1.165, 1.54) is 66.8 Å². The Morgan fingerprint density at radius 1 is 0.600 bits per heavy atom. The van der Waals surface area contributed by atoms with Crippen LogP contribution < -0.4 is 0 Å². The van der Waals surface area contributed by atoms with Gasteiger partial charge in [-0.25, -0.2) is 0 Å². The molecule has 3 aromatic carbocycles. The summed E-state index contributed by atoms with van der Waals surface area (Å²) >= 11 is 0. The largest absolute Gasteiger partial charge is 0.508 e. The predicted molar refractivity (Wildman–Crippen MR) is 113 cm³/mol. The Kier molecular flexibility index (Phi) is 5.98. The second-order valence-electron chi connectivity index (χ2n) is 6.46. The molecule has 0 saturated heterocycles. The first kappa shape index (κ1) is 20.4. The van der Waals surface area contributed by atoms with E-state index in [0.29, 0.717) is 11.1 Å². The fraction of sp³-hybridized carbons (Fsp3) is 0. The zero-order valence-electron chi connectivity index (χ0n) is 15.7. The Morgan fingerprint density at radius 2 is 1.03 bits per heavy atom. The molecule has 0 saturated carbocycles. The lowest BCUT2D eigenvalue weighted by atomic mass is 10.0. The van der Waals surface area contributed by atoms with E-state index in [9.17, 15) is 30.0 Å².